The summed E-state index contributed by atoms with van der Waals surface area (Å²) in [6.45, 7) is 5.31. The Morgan fingerprint density at radius 2 is 1.76 bits per heavy atom. The maximum absolute atomic E-state index is 11.8. The summed E-state index contributed by atoms with van der Waals surface area (Å²) in [4.78, 5) is 13.3. The fourth-order valence-electron chi connectivity index (χ4n) is 3.33. The summed E-state index contributed by atoms with van der Waals surface area (Å²) in [7, 11) is 0. The van der Waals surface area contributed by atoms with Crippen LogP contribution in [0.2, 0.25) is 0 Å². The average molecular weight is 340 g/mol. The lowest BCUT2D eigenvalue weighted by Gasteiger charge is -2.28. The molecule has 1 saturated heterocycles. The lowest BCUT2D eigenvalue weighted by atomic mass is 9.96. The van der Waals surface area contributed by atoms with E-state index >= 15 is 0 Å². The number of nitrogens with one attached hydrogen (secondary N) is 1. The average Bonchev–Trinajstić information content (AvgIpc) is 2.64. The van der Waals surface area contributed by atoms with Crippen LogP contribution in [0.5, 0.6) is 11.5 Å². The third kappa shape index (κ3) is 5.07. The number of benzene rings is 2. The number of esters is 1. The van der Waals surface area contributed by atoms with E-state index in [-0.39, 0.29) is 11.9 Å². The predicted molar refractivity (Wildman–Crippen MR) is 96.7 cm³/mol. The van der Waals surface area contributed by atoms with Crippen LogP contribution in [-0.2, 0) is 16.1 Å². The van der Waals surface area contributed by atoms with Gasteiger partial charge in [-0.1, -0.05) is 30.3 Å². The highest BCUT2D eigenvalue weighted by Crippen LogP contribution is 2.21. The maximum atomic E-state index is 11.8. The Labute approximate surface area is 149 Å². The van der Waals surface area contributed by atoms with Gasteiger partial charge in [0, 0.05) is 18.4 Å². The molecule has 2 aromatic rings. The van der Waals surface area contributed by atoms with Crippen molar-refractivity contribution < 1.29 is 19.2 Å². The van der Waals surface area contributed by atoms with Gasteiger partial charge in [-0.3, -0.25) is 4.79 Å². The van der Waals surface area contributed by atoms with Gasteiger partial charge in [-0.25, -0.2) is 0 Å². The number of carbonyl (C=O) groups excluding carboxylic acids is 1. The van der Waals surface area contributed by atoms with Crippen molar-refractivity contribution in [2.75, 3.05) is 19.7 Å². The van der Waals surface area contributed by atoms with E-state index in [4.69, 9.17) is 9.47 Å². The molecule has 4 heteroatoms. The van der Waals surface area contributed by atoms with Crippen LogP contribution in [0.15, 0.2) is 54.6 Å². The minimum atomic E-state index is -0.0280. The van der Waals surface area contributed by atoms with E-state index in [1.165, 1.54) is 10.5 Å². The molecule has 0 unspecified atom stereocenters. The van der Waals surface area contributed by atoms with Crippen LogP contribution in [0, 0.1) is 5.92 Å². The first-order chi connectivity index (χ1) is 12.2. The van der Waals surface area contributed by atoms with Crippen molar-refractivity contribution in [1.82, 2.24) is 0 Å². The first kappa shape index (κ1) is 17.5. The van der Waals surface area contributed by atoms with Crippen molar-refractivity contribution in [3.8, 4) is 11.5 Å². The smallest absolute Gasteiger partial charge is 0.309 e. The molecule has 132 valence electrons. The van der Waals surface area contributed by atoms with Crippen LogP contribution >= 0.6 is 0 Å². The van der Waals surface area contributed by atoms with Gasteiger partial charge in [0.1, 0.15) is 18.0 Å². The Morgan fingerprint density at radius 3 is 2.48 bits per heavy atom. The predicted octanol–water partition coefficient (Wildman–Crippen LogP) is 2.84. The van der Waals surface area contributed by atoms with Crippen molar-refractivity contribution in [2.24, 2.45) is 5.92 Å². The zero-order valence-electron chi connectivity index (χ0n) is 14.7. The summed E-state index contributed by atoms with van der Waals surface area (Å²) < 4.78 is 11.1. The monoisotopic (exact) mass is 340 g/mol. The van der Waals surface area contributed by atoms with Gasteiger partial charge in [-0.15, -0.1) is 0 Å². The molecule has 1 aliphatic rings. The molecule has 25 heavy (non-hydrogen) atoms. The number of hydrogen-bond donors (Lipinski definition) is 1. The van der Waals surface area contributed by atoms with Crippen molar-refractivity contribution in [3.05, 3.63) is 60.2 Å². The number of piperidine rings is 1. The summed E-state index contributed by atoms with van der Waals surface area (Å²) in [6, 6.07) is 18.1. The maximum Gasteiger partial charge on any atom is 0.309 e. The molecule has 1 fully saturated rings. The lowest BCUT2D eigenvalue weighted by Crippen LogP contribution is -3.11. The Kier molecular flexibility index (Phi) is 6.07. The Bertz CT molecular complexity index is 679. The van der Waals surface area contributed by atoms with E-state index in [1.807, 2.05) is 49.4 Å². The molecule has 1 N–H and O–H groups in total. The highest BCUT2D eigenvalue weighted by atomic mass is 16.5. The van der Waals surface area contributed by atoms with Crippen LogP contribution in [0.1, 0.15) is 25.3 Å². The van der Waals surface area contributed by atoms with Gasteiger partial charge in [-0.2, -0.15) is 0 Å². The Balaban J connectivity index is 1.54. The summed E-state index contributed by atoms with van der Waals surface area (Å²) in [5.41, 5.74) is 1.26. The number of quaternary nitrogens is 1. The first-order valence-electron chi connectivity index (χ1n) is 9.06. The van der Waals surface area contributed by atoms with E-state index in [2.05, 4.69) is 12.1 Å². The summed E-state index contributed by atoms with van der Waals surface area (Å²) in [6.07, 6.45) is 1.82. The molecule has 1 heterocycles. The van der Waals surface area contributed by atoms with Gasteiger partial charge in [-0.05, 0) is 31.2 Å². The number of para-hydroxylation sites is 1. The lowest BCUT2D eigenvalue weighted by molar-refractivity contribution is -0.919. The fourth-order valence-corrected chi connectivity index (χ4v) is 3.33. The molecular formula is C21H26NO3+. The molecular weight excluding hydrogens is 314 g/mol. The Hall–Kier alpha value is -2.33. The van der Waals surface area contributed by atoms with Gasteiger partial charge in [0.05, 0.1) is 25.6 Å². The third-order valence-electron chi connectivity index (χ3n) is 4.64. The highest BCUT2D eigenvalue weighted by molar-refractivity contribution is 5.72. The topological polar surface area (TPSA) is 40.0 Å². The second kappa shape index (κ2) is 8.67. The number of likely N-dealkylation sites (tertiary alicyclic amines) is 1. The molecule has 0 saturated carbocycles. The van der Waals surface area contributed by atoms with Gasteiger partial charge in [0.25, 0.3) is 0 Å². The summed E-state index contributed by atoms with van der Waals surface area (Å²) in [5, 5.41) is 0. The highest BCUT2D eigenvalue weighted by Gasteiger charge is 2.28. The fraction of sp³-hybridized carbons (Fsp3) is 0.381. The van der Waals surface area contributed by atoms with Gasteiger partial charge in [0.15, 0.2) is 0 Å². The van der Waals surface area contributed by atoms with Gasteiger partial charge in [0.2, 0.25) is 0 Å². The SMILES string of the molecule is CCOC(=O)C1CC[NH+](Cc2cccc(Oc3ccccc3)c2)CC1. The number of rotatable bonds is 6. The molecule has 0 radical (unpaired) electrons. The largest absolute Gasteiger partial charge is 0.466 e. The van der Waals surface area contributed by atoms with Crippen molar-refractivity contribution in [1.29, 1.82) is 0 Å². The molecule has 0 bridgehead atoms. The van der Waals surface area contributed by atoms with Gasteiger partial charge < -0.3 is 14.4 Å². The number of carbonyl (C=O) groups is 1. The molecule has 1 aliphatic heterocycles. The molecule has 3 rings (SSSR count). The quantitative estimate of drug-likeness (QED) is 0.822. The number of hydrogen-bond acceptors (Lipinski definition) is 3. The Morgan fingerprint density at radius 1 is 1.04 bits per heavy atom. The van der Waals surface area contributed by atoms with E-state index in [0.717, 1.165) is 44.0 Å². The zero-order chi connectivity index (χ0) is 17.5. The standard InChI is InChI=1S/C21H25NO3/c1-2-24-21(23)18-11-13-22(14-12-18)16-17-7-6-10-20(15-17)25-19-8-4-3-5-9-19/h3-10,15,18H,2,11-14,16H2,1H3/p+1. The van der Waals surface area contributed by atoms with E-state index in [1.54, 1.807) is 0 Å². The van der Waals surface area contributed by atoms with Crippen LogP contribution in [0.3, 0.4) is 0 Å². The first-order valence-corrected chi connectivity index (χ1v) is 9.06. The minimum Gasteiger partial charge on any atom is -0.466 e. The second-order valence-corrected chi connectivity index (χ2v) is 6.52. The van der Waals surface area contributed by atoms with Gasteiger partial charge >= 0.3 is 5.97 Å². The summed E-state index contributed by atoms with van der Waals surface area (Å²) in [5.74, 6) is 1.77. The van der Waals surface area contributed by atoms with Crippen LogP contribution in [-0.4, -0.2) is 25.7 Å². The second-order valence-electron chi connectivity index (χ2n) is 6.52. The van der Waals surface area contributed by atoms with Crippen LogP contribution in [0.4, 0.5) is 0 Å². The third-order valence-corrected chi connectivity index (χ3v) is 4.64. The van der Waals surface area contributed by atoms with Crippen molar-refractivity contribution >= 4 is 5.97 Å². The molecule has 0 amide bonds. The van der Waals surface area contributed by atoms with E-state index in [9.17, 15) is 4.79 Å². The summed E-state index contributed by atoms with van der Waals surface area (Å²) >= 11 is 0. The molecule has 0 aliphatic carbocycles. The van der Waals surface area contributed by atoms with Crippen LogP contribution < -0.4 is 9.64 Å². The van der Waals surface area contributed by atoms with E-state index < -0.39 is 0 Å². The van der Waals surface area contributed by atoms with Crippen molar-refractivity contribution in [2.45, 2.75) is 26.3 Å². The molecule has 0 atom stereocenters. The zero-order valence-corrected chi connectivity index (χ0v) is 14.7. The molecule has 0 spiro atoms. The molecule has 0 aromatic heterocycles. The molecule has 4 nitrogen and oxygen atoms in total. The van der Waals surface area contributed by atoms with Crippen LogP contribution in [0.25, 0.3) is 0 Å². The molecule has 2 aromatic carbocycles. The minimum absolute atomic E-state index is 0.0280. The number of ether oxygens (including phenoxy) is 2. The van der Waals surface area contributed by atoms with Crippen molar-refractivity contribution in [3.63, 3.8) is 0 Å². The normalized spacial score (nSPS) is 20.0. The van der Waals surface area contributed by atoms with E-state index in [0.29, 0.717) is 6.61 Å².